The highest BCUT2D eigenvalue weighted by molar-refractivity contribution is 6.42. The minimum atomic E-state index is -0.696. The van der Waals surface area contributed by atoms with Crippen LogP contribution in [0.4, 0.5) is 0 Å². The van der Waals surface area contributed by atoms with Crippen molar-refractivity contribution in [3.05, 3.63) is 48.2 Å². The zero-order chi connectivity index (χ0) is 14.4. The number of hydrogen-bond acceptors (Lipinski definition) is 4. The van der Waals surface area contributed by atoms with Crippen molar-refractivity contribution in [3.63, 3.8) is 0 Å². The van der Waals surface area contributed by atoms with Gasteiger partial charge in [0, 0.05) is 12.7 Å². The Bertz CT molecular complexity index is 635. The number of aromatic nitrogens is 1. The summed E-state index contributed by atoms with van der Waals surface area (Å²) in [5.74, 6) is -0.746. The zero-order valence-electron chi connectivity index (χ0n) is 10.7. The maximum absolute atomic E-state index is 12.0. The van der Waals surface area contributed by atoms with Gasteiger partial charge in [-0.05, 0) is 24.3 Å². The molecule has 102 valence electrons. The van der Waals surface area contributed by atoms with Gasteiger partial charge < -0.3 is 14.3 Å². The third-order valence-electron chi connectivity index (χ3n) is 2.74. The second-order valence-electron chi connectivity index (χ2n) is 4.09. The van der Waals surface area contributed by atoms with E-state index in [-0.39, 0.29) is 18.7 Å². The third-order valence-corrected chi connectivity index (χ3v) is 2.74. The number of furan rings is 1. The highest BCUT2D eigenvalue weighted by atomic mass is 16.3. The van der Waals surface area contributed by atoms with Crippen molar-refractivity contribution in [2.24, 2.45) is 0 Å². The van der Waals surface area contributed by atoms with Crippen LogP contribution in [-0.2, 0) is 17.9 Å². The molecule has 0 aromatic carbocycles. The van der Waals surface area contributed by atoms with Gasteiger partial charge >= 0.3 is 0 Å². The molecule has 20 heavy (non-hydrogen) atoms. The number of Topliss-reactive ketones (excluding diaryl/α,β-unsaturated/α-hetero) is 1. The predicted octanol–water partition coefficient (Wildman–Crippen LogP) is 1.49. The second-order valence-corrected chi connectivity index (χ2v) is 4.09. The summed E-state index contributed by atoms with van der Waals surface area (Å²) in [5.41, 5.74) is 0.275. The molecule has 6 heteroatoms. The zero-order valence-corrected chi connectivity index (χ0v) is 10.7. The number of carbonyl (C=O) groups is 2. The fourth-order valence-corrected chi connectivity index (χ4v) is 1.76. The first kappa shape index (κ1) is 13.6. The minimum Gasteiger partial charge on any atom is -0.467 e. The van der Waals surface area contributed by atoms with Crippen LogP contribution in [0, 0.1) is 11.3 Å². The van der Waals surface area contributed by atoms with Crippen molar-refractivity contribution in [2.45, 2.75) is 19.5 Å². The van der Waals surface area contributed by atoms with Gasteiger partial charge in [-0.1, -0.05) is 0 Å². The van der Waals surface area contributed by atoms with Gasteiger partial charge in [0.05, 0.1) is 31.0 Å². The fraction of sp³-hybridized carbons (Fsp3) is 0.214. The van der Waals surface area contributed by atoms with E-state index >= 15 is 0 Å². The van der Waals surface area contributed by atoms with Crippen molar-refractivity contribution in [1.29, 1.82) is 5.26 Å². The van der Waals surface area contributed by atoms with Crippen LogP contribution in [0.15, 0.2) is 41.1 Å². The Morgan fingerprint density at radius 1 is 1.35 bits per heavy atom. The van der Waals surface area contributed by atoms with Crippen LogP contribution in [0.5, 0.6) is 0 Å². The van der Waals surface area contributed by atoms with E-state index in [1.54, 1.807) is 35.0 Å². The highest BCUT2D eigenvalue weighted by Gasteiger charge is 2.19. The molecule has 0 spiro atoms. The van der Waals surface area contributed by atoms with Crippen molar-refractivity contribution < 1.29 is 14.0 Å². The van der Waals surface area contributed by atoms with Crippen molar-refractivity contribution in [2.75, 3.05) is 0 Å². The molecule has 0 aliphatic rings. The summed E-state index contributed by atoms with van der Waals surface area (Å²) in [7, 11) is 0. The first-order valence-corrected chi connectivity index (χ1v) is 6.09. The lowest BCUT2D eigenvalue weighted by Crippen LogP contribution is -2.31. The van der Waals surface area contributed by atoms with Crippen molar-refractivity contribution in [1.82, 2.24) is 9.88 Å². The number of hydrogen-bond donors (Lipinski definition) is 1. The molecular formula is C14H13N3O3. The Morgan fingerprint density at radius 2 is 2.20 bits per heavy atom. The van der Waals surface area contributed by atoms with Crippen molar-refractivity contribution >= 4 is 11.7 Å². The van der Waals surface area contributed by atoms with Gasteiger partial charge in [-0.15, -0.1) is 0 Å². The maximum Gasteiger partial charge on any atom is 0.294 e. The predicted molar refractivity (Wildman–Crippen MR) is 69.5 cm³/mol. The molecule has 0 unspecified atom stereocenters. The molecule has 2 aromatic heterocycles. The van der Waals surface area contributed by atoms with Gasteiger partial charge in [0.1, 0.15) is 5.76 Å². The quantitative estimate of drug-likeness (QED) is 0.637. The number of ketones is 1. The molecule has 0 saturated heterocycles. The lowest BCUT2D eigenvalue weighted by molar-refractivity contribution is -0.117. The SMILES string of the molecule is N#CCCn1cccc1C(=O)C(=O)NCc1ccco1. The molecule has 0 aliphatic heterocycles. The largest absolute Gasteiger partial charge is 0.467 e. The molecule has 2 aromatic rings. The minimum absolute atomic E-state index is 0.163. The first-order chi connectivity index (χ1) is 9.72. The Morgan fingerprint density at radius 3 is 2.90 bits per heavy atom. The summed E-state index contributed by atoms with van der Waals surface area (Å²) in [5, 5.41) is 11.1. The van der Waals surface area contributed by atoms with Crippen LogP contribution in [-0.4, -0.2) is 16.3 Å². The van der Waals surface area contributed by atoms with E-state index in [4.69, 9.17) is 9.68 Å². The molecule has 2 heterocycles. The number of nitrogens with one attached hydrogen (secondary N) is 1. The number of nitrogens with zero attached hydrogens (tertiary/aromatic N) is 2. The van der Waals surface area contributed by atoms with E-state index in [0.29, 0.717) is 12.3 Å². The van der Waals surface area contributed by atoms with Gasteiger partial charge in [0.25, 0.3) is 11.7 Å². The smallest absolute Gasteiger partial charge is 0.294 e. The van der Waals surface area contributed by atoms with Crippen LogP contribution in [0.3, 0.4) is 0 Å². The monoisotopic (exact) mass is 271 g/mol. The van der Waals surface area contributed by atoms with E-state index in [0.717, 1.165) is 0 Å². The Kier molecular flexibility index (Phi) is 4.35. The van der Waals surface area contributed by atoms with Crippen LogP contribution < -0.4 is 5.32 Å². The van der Waals surface area contributed by atoms with Crippen molar-refractivity contribution in [3.8, 4) is 6.07 Å². The standard InChI is InChI=1S/C14H13N3O3/c15-6-3-8-17-7-1-5-12(17)13(18)14(19)16-10-11-4-2-9-20-11/h1-2,4-5,7,9H,3,8,10H2,(H,16,19). The topological polar surface area (TPSA) is 88.0 Å². The molecule has 0 atom stereocenters. The van der Waals surface area contributed by atoms with Crippen LogP contribution in [0.25, 0.3) is 0 Å². The molecule has 6 nitrogen and oxygen atoms in total. The van der Waals surface area contributed by atoms with E-state index in [2.05, 4.69) is 5.32 Å². The molecule has 0 bridgehead atoms. The molecule has 0 fully saturated rings. The first-order valence-electron chi connectivity index (χ1n) is 6.09. The summed E-state index contributed by atoms with van der Waals surface area (Å²) in [6.07, 6.45) is 3.45. The number of rotatable bonds is 6. The second kappa shape index (κ2) is 6.38. The molecule has 0 radical (unpaired) electrons. The Hall–Kier alpha value is -2.81. The third kappa shape index (κ3) is 3.14. The fourth-order valence-electron chi connectivity index (χ4n) is 1.76. The Balaban J connectivity index is 1.98. The van der Waals surface area contributed by atoms with Crippen LogP contribution in [0.1, 0.15) is 22.7 Å². The van der Waals surface area contributed by atoms with Gasteiger partial charge in [-0.3, -0.25) is 9.59 Å². The molecule has 2 rings (SSSR count). The lowest BCUT2D eigenvalue weighted by Gasteiger charge is -2.06. The number of amides is 1. The van der Waals surface area contributed by atoms with E-state index in [1.165, 1.54) is 6.26 Å². The van der Waals surface area contributed by atoms with Crippen LogP contribution in [0.2, 0.25) is 0 Å². The van der Waals surface area contributed by atoms with Crippen LogP contribution >= 0.6 is 0 Å². The molecule has 1 N–H and O–H groups in total. The Labute approximate surface area is 115 Å². The summed E-state index contributed by atoms with van der Waals surface area (Å²) >= 11 is 0. The maximum atomic E-state index is 12.0. The number of nitriles is 1. The van der Waals surface area contributed by atoms with Gasteiger partial charge in [-0.2, -0.15) is 5.26 Å². The summed E-state index contributed by atoms with van der Waals surface area (Å²) in [6.45, 7) is 0.548. The van der Waals surface area contributed by atoms with Gasteiger partial charge in [0.2, 0.25) is 0 Å². The average molecular weight is 271 g/mol. The van der Waals surface area contributed by atoms with E-state index in [9.17, 15) is 9.59 Å². The summed E-state index contributed by atoms with van der Waals surface area (Å²) in [6, 6.07) is 8.65. The molecule has 0 saturated carbocycles. The molecular weight excluding hydrogens is 258 g/mol. The molecule has 0 aliphatic carbocycles. The summed E-state index contributed by atoms with van der Waals surface area (Å²) in [4.78, 5) is 23.8. The van der Waals surface area contributed by atoms with Gasteiger partial charge in [-0.25, -0.2) is 0 Å². The highest BCUT2D eigenvalue weighted by Crippen LogP contribution is 2.05. The number of carbonyl (C=O) groups excluding carboxylic acids is 2. The van der Waals surface area contributed by atoms with E-state index < -0.39 is 11.7 Å². The van der Waals surface area contributed by atoms with E-state index in [1.807, 2.05) is 6.07 Å². The average Bonchev–Trinajstić information content (AvgIpc) is 3.12. The van der Waals surface area contributed by atoms with Gasteiger partial charge in [0.15, 0.2) is 0 Å². The number of aryl methyl sites for hydroxylation is 1. The summed E-state index contributed by atoms with van der Waals surface area (Å²) < 4.78 is 6.66. The lowest BCUT2D eigenvalue weighted by atomic mass is 10.2. The molecule has 1 amide bonds. The normalized spacial score (nSPS) is 9.95.